The maximum Gasteiger partial charge on any atom is 0.113 e. The number of fused-ring (bicyclic) bond motifs is 1. The highest BCUT2D eigenvalue weighted by Gasteiger charge is 2.22. The number of imidazole rings is 1. The summed E-state index contributed by atoms with van der Waals surface area (Å²) in [5.41, 5.74) is 3.44. The van der Waals surface area contributed by atoms with Crippen molar-refractivity contribution in [3.8, 4) is 0 Å². The summed E-state index contributed by atoms with van der Waals surface area (Å²) in [6.45, 7) is 5.02. The molecule has 1 aromatic heterocycles. The smallest absolute Gasteiger partial charge is 0.113 e. The summed E-state index contributed by atoms with van der Waals surface area (Å²) in [6.07, 6.45) is 2.27. The van der Waals surface area contributed by atoms with E-state index < -0.39 is 0 Å². The van der Waals surface area contributed by atoms with E-state index in [2.05, 4.69) is 35.0 Å². The molecule has 0 saturated carbocycles. The molecule has 102 valence electrons. The Morgan fingerprint density at radius 1 is 1.37 bits per heavy atom. The number of hydrogen-bond donors (Lipinski definition) is 2. The summed E-state index contributed by atoms with van der Waals surface area (Å²) in [4.78, 5) is 4.84. The maximum absolute atomic E-state index is 9.31. The molecule has 1 fully saturated rings. The van der Waals surface area contributed by atoms with Gasteiger partial charge in [-0.05, 0) is 50.6 Å². The third-order valence-electron chi connectivity index (χ3n) is 3.96. The summed E-state index contributed by atoms with van der Waals surface area (Å²) in [7, 11) is 0. The predicted octanol–water partition coefficient (Wildman–Crippen LogP) is 1.80. The van der Waals surface area contributed by atoms with Gasteiger partial charge in [-0.2, -0.15) is 0 Å². The van der Waals surface area contributed by atoms with E-state index in [1.165, 1.54) is 5.56 Å². The zero-order valence-electron chi connectivity index (χ0n) is 11.4. The summed E-state index contributed by atoms with van der Waals surface area (Å²) < 4.78 is 2.20. The number of aliphatic hydroxyl groups is 1. The van der Waals surface area contributed by atoms with E-state index >= 15 is 0 Å². The monoisotopic (exact) mass is 259 g/mol. The highest BCUT2D eigenvalue weighted by molar-refractivity contribution is 5.77. The van der Waals surface area contributed by atoms with Gasteiger partial charge >= 0.3 is 0 Å². The van der Waals surface area contributed by atoms with E-state index in [0.717, 1.165) is 42.8 Å². The molecule has 0 aliphatic carbocycles. The van der Waals surface area contributed by atoms with Crippen LogP contribution in [0.5, 0.6) is 0 Å². The number of aliphatic hydroxyl groups excluding tert-OH is 1. The first-order valence-corrected chi connectivity index (χ1v) is 7.08. The predicted molar refractivity (Wildman–Crippen MR) is 76.4 cm³/mol. The molecule has 1 saturated heterocycles. The minimum atomic E-state index is 0.164. The molecule has 2 N–H and O–H groups in total. The number of nitrogens with one attached hydrogen (secondary N) is 1. The molecule has 0 atom stereocenters. The van der Waals surface area contributed by atoms with Crippen LogP contribution in [0.3, 0.4) is 0 Å². The van der Waals surface area contributed by atoms with Crippen LogP contribution in [0.2, 0.25) is 0 Å². The van der Waals surface area contributed by atoms with Crippen molar-refractivity contribution in [3.05, 3.63) is 29.6 Å². The molecule has 4 nitrogen and oxygen atoms in total. The second-order valence-corrected chi connectivity index (χ2v) is 5.36. The highest BCUT2D eigenvalue weighted by Crippen LogP contribution is 2.28. The van der Waals surface area contributed by atoms with Crippen molar-refractivity contribution in [3.63, 3.8) is 0 Å². The topological polar surface area (TPSA) is 50.1 Å². The van der Waals surface area contributed by atoms with Gasteiger partial charge in [-0.25, -0.2) is 4.98 Å². The third kappa shape index (κ3) is 2.38. The van der Waals surface area contributed by atoms with E-state index in [0.29, 0.717) is 12.5 Å². The summed E-state index contributed by atoms with van der Waals surface area (Å²) in [5, 5.41) is 12.7. The molecule has 0 bridgehead atoms. The highest BCUT2D eigenvalue weighted by atomic mass is 16.3. The summed E-state index contributed by atoms with van der Waals surface area (Å²) >= 11 is 0. The molecule has 3 rings (SSSR count). The molecule has 1 aliphatic rings. The van der Waals surface area contributed by atoms with Crippen LogP contribution in [0, 0.1) is 6.92 Å². The first-order valence-electron chi connectivity index (χ1n) is 7.08. The van der Waals surface area contributed by atoms with Crippen molar-refractivity contribution in [1.29, 1.82) is 0 Å². The van der Waals surface area contributed by atoms with Gasteiger partial charge in [0.25, 0.3) is 0 Å². The van der Waals surface area contributed by atoms with E-state index in [1.54, 1.807) is 0 Å². The van der Waals surface area contributed by atoms with Gasteiger partial charge in [0, 0.05) is 12.5 Å². The Hall–Kier alpha value is -1.39. The zero-order chi connectivity index (χ0) is 13.2. The average Bonchev–Trinajstić information content (AvgIpc) is 2.78. The van der Waals surface area contributed by atoms with Crippen LogP contribution in [-0.2, 0) is 6.54 Å². The molecule has 2 heterocycles. The lowest BCUT2D eigenvalue weighted by Crippen LogP contribution is -2.28. The Kier molecular flexibility index (Phi) is 3.53. The second kappa shape index (κ2) is 5.31. The first kappa shape index (κ1) is 12.6. The van der Waals surface area contributed by atoms with Crippen molar-refractivity contribution in [2.45, 2.75) is 32.2 Å². The average molecular weight is 259 g/mol. The van der Waals surface area contributed by atoms with Crippen LogP contribution < -0.4 is 5.32 Å². The molecular weight excluding hydrogens is 238 g/mol. The Morgan fingerprint density at radius 2 is 2.16 bits per heavy atom. The number of benzene rings is 1. The van der Waals surface area contributed by atoms with Gasteiger partial charge in [-0.1, -0.05) is 6.07 Å². The van der Waals surface area contributed by atoms with Gasteiger partial charge in [-0.3, -0.25) is 0 Å². The lowest BCUT2D eigenvalue weighted by molar-refractivity contribution is 0.273. The fourth-order valence-electron chi connectivity index (χ4n) is 2.99. The number of hydrogen-bond acceptors (Lipinski definition) is 3. The van der Waals surface area contributed by atoms with Crippen molar-refractivity contribution < 1.29 is 5.11 Å². The quantitative estimate of drug-likeness (QED) is 0.883. The van der Waals surface area contributed by atoms with Crippen LogP contribution >= 0.6 is 0 Å². The fraction of sp³-hybridized carbons (Fsp3) is 0.533. The Morgan fingerprint density at radius 3 is 2.89 bits per heavy atom. The largest absolute Gasteiger partial charge is 0.395 e. The molecular formula is C15H21N3O. The summed E-state index contributed by atoms with van der Waals surface area (Å²) in [6, 6.07) is 6.37. The van der Waals surface area contributed by atoms with Crippen LogP contribution in [0.1, 0.15) is 30.1 Å². The summed E-state index contributed by atoms with van der Waals surface area (Å²) in [5.74, 6) is 1.66. The molecule has 0 radical (unpaired) electrons. The van der Waals surface area contributed by atoms with Crippen LogP contribution in [0.15, 0.2) is 18.2 Å². The van der Waals surface area contributed by atoms with Crippen molar-refractivity contribution in [1.82, 2.24) is 14.9 Å². The number of nitrogens with zero attached hydrogens (tertiary/aromatic N) is 2. The molecule has 1 aromatic carbocycles. The maximum atomic E-state index is 9.31. The van der Waals surface area contributed by atoms with Crippen LogP contribution in [0.25, 0.3) is 11.0 Å². The van der Waals surface area contributed by atoms with Gasteiger partial charge in [0.05, 0.1) is 17.6 Å². The number of aryl methyl sites for hydroxylation is 1. The second-order valence-electron chi connectivity index (χ2n) is 5.36. The standard InChI is InChI=1S/C15H21N3O/c1-11-2-3-14-13(10-11)17-15(18(14)8-9-19)12-4-6-16-7-5-12/h2-3,10,12,16,19H,4-9H2,1H3. The molecule has 1 aliphatic heterocycles. The third-order valence-corrected chi connectivity index (χ3v) is 3.96. The van der Waals surface area contributed by atoms with E-state index in [-0.39, 0.29) is 6.61 Å². The lowest BCUT2D eigenvalue weighted by Gasteiger charge is -2.23. The normalized spacial score (nSPS) is 17.2. The Balaban J connectivity index is 2.08. The number of rotatable bonds is 3. The molecule has 4 heteroatoms. The Labute approximate surface area is 113 Å². The first-order chi connectivity index (χ1) is 9.29. The lowest BCUT2D eigenvalue weighted by atomic mass is 9.97. The van der Waals surface area contributed by atoms with Gasteiger partial charge < -0.3 is 15.0 Å². The SMILES string of the molecule is Cc1ccc2c(c1)nc(C1CCNCC1)n2CCO. The minimum absolute atomic E-state index is 0.164. The van der Waals surface area contributed by atoms with Crippen LogP contribution in [0.4, 0.5) is 0 Å². The van der Waals surface area contributed by atoms with E-state index in [4.69, 9.17) is 4.98 Å². The van der Waals surface area contributed by atoms with Crippen molar-refractivity contribution in [2.75, 3.05) is 19.7 Å². The fourth-order valence-corrected chi connectivity index (χ4v) is 2.99. The molecule has 0 spiro atoms. The molecule has 0 unspecified atom stereocenters. The molecule has 19 heavy (non-hydrogen) atoms. The molecule has 0 amide bonds. The molecule has 2 aromatic rings. The number of aromatic nitrogens is 2. The Bertz CT molecular complexity index is 570. The van der Waals surface area contributed by atoms with E-state index in [1.807, 2.05) is 0 Å². The zero-order valence-corrected chi connectivity index (χ0v) is 11.4. The van der Waals surface area contributed by atoms with Crippen LogP contribution in [-0.4, -0.2) is 34.4 Å². The van der Waals surface area contributed by atoms with Crippen molar-refractivity contribution >= 4 is 11.0 Å². The van der Waals surface area contributed by atoms with Crippen molar-refractivity contribution in [2.24, 2.45) is 0 Å². The minimum Gasteiger partial charge on any atom is -0.395 e. The van der Waals surface area contributed by atoms with Gasteiger partial charge in [-0.15, -0.1) is 0 Å². The number of piperidine rings is 1. The van der Waals surface area contributed by atoms with Gasteiger partial charge in [0.15, 0.2) is 0 Å². The van der Waals surface area contributed by atoms with Gasteiger partial charge in [0.1, 0.15) is 5.82 Å². The van der Waals surface area contributed by atoms with Gasteiger partial charge in [0.2, 0.25) is 0 Å². The van der Waals surface area contributed by atoms with E-state index in [9.17, 15) is 5.11 Å².